The van der Waals surface area contributed by atoms with E-state index >= 15 is 0 Å². The highest BCUT2D eigenvalue weighted by molar-refractivity contribution is 6.13. The van der Waals surface area contributed by atoms with Gasteiger partial charge in [0.25, 0.3) is 0 Å². The highest BCUT2D eigenvalue weighted by Gasteiger charge is 2.18. The van der Waals surface area contributed by atoms with Crippen LogP contribution in [-0.2, 0) is 7.05 Å². The normalized spacial score (nSPS) is 11.6. The number of rotatable bonds is 1. The van der Waals surface area contributed by atoms with E-state index < -0.39 is 0 Å². The molecule has 2 aromatic heterocycles. The van der Waals surface area contributed by atoms with E-state index in [2.05, 4.69) is 24.3 Å². The van der Waals surface area contributed by atoms with Gasteiger partial charge in [0.2, 0.25) is 0 Å². The molecule has 0 radical (unpaired) electrons. The van der Waals surface area contributed by atoms with Crippen molar-refractivity contribution in [2.45, 2.75) is 0 Å². The van der Waals surface area contributed by atoms with Crippen LogP contribution in [0.4, 0.5) is 0 Å². The lowest BCUT2D eigenvalue weighted by Gasteiger charge is -2.09. The third-order valence-corrected chi connectivity index (χ3v) is 4.94. The van der Waals surface area contributed by atoms with Crippen molar-refractivity contribution in [2.24, 2.45) is 7.05 Å². The molecule has 0 unspecified atom stereocenters. The van der Waals surface area contributed by atoms with E-state index in [1.807, 2.05) is 66.0 Å². The second kappa shape index (κ2) is 5.08. The molecule has 2 heterocycles. The van der Waals surface area contributed by atoms with E-state index in [0.717, 1.165) is 38.4 Å². The van der Waals surface area contributed by atoms with E-state index in [9.17, 15) is 4.79 Å². The topological polar surface area (TPSA) is 26.4 Å². The fraction of sp³-hybridized carbons (Fsp3) is 0.0455. The first-order valence-electron chi connectivity index (χ1n) is 8.33. The van der Waals surface area contributed by atoms with Gasteiger partial charge < -0.3 is 0 Å². The highest BCUT2D eigenvalue weighted by Crippen LogP contribution is 2.37. The Kier molecular flexibility index (Phi) is 2.86. The summed E-state index contributed by atoms with van der Waals surface area (Å²) < 4.78 is 3.57. The Morgan fingerprint density at radius 1 is 0.680 bits per heavy atom. The van der Waals surface area contributed by atoms with Gasteiger partial charge in [-0.1, -0.05) is 66.7 Å². The Labute approximate surface area is 144 Å². The first kappa shape index (κ1) is 14.1. The Bertz CT molecular complexity index is 1310. The fourth-order valence-corrected chi connectivity index (χ4v) is 3.81. The van der Waals surface area contributed by atoms with Crippen LogP contribution >= 0.6 is 0 Å². The Morgan fingerprint density at radius 2 is 1.28 bits per heavy atom. The number of benzene rings is 3. The molecule has 0 spiro atoms. The number of hydrogen-bond donors (Lipinski definition) is 0. The van der Waals surface area contributed by atoms with Crippen LogP contribution in [0.25, 0.3) is 38.4 Å². The number of para-hydroxylation sites is 2. The molecule has 0 N–H and O–H groups in total. The average molecular weight is 324 g/mol. The van der Waals surface area contributed by atoms with Crippen molar-refractivity contribution in [1.82, 2.24) is 8.97 Å². The fourth-order valence-electron chi connectivity index (χ4n) is 3.81. The quantitative estimate of drug-likeness (QED) is 0.442. The second-order valence-electron chi connectivity index (χ2n) is 6.30. The molecular weight excluding hydrogens is 308 g/mol. The van der Waals surface area contributed by atoms with Crippen molar-refractivity contribution >= 4 is 27.3 Å². The molecule has 0 bridgehead atoms. The second-order valence-corrected chi connectivity index (χ2v) is 6.30. The van der Waals surface area contributed by atoms with Gasteiger partial charge in [0.05, 0.1) is 16.6 Å². The molecule has 0 aliphatic heterocycles. The van der Waals surface area contributed by atoms with Gasteiger partial charge in [-0.15, -0.1) is 0 Å². The molecule has 0 aliphatic carbocycles. The molecular formula is C22H16N2O. The Balaban J connectivity index is 2.18. The third kappa shape index (κ3) is 1.83. The number of nitrogens with zero attached hydrogens (tertiary/aromatic N) is 2. The molecule has 5 aromatic rings. The zero-order valence-electron chi connectivity index (χ0n) is 13.8. The van der Waals surface area contributed by atoms with Crippen molar-refractivity contribution in [1.29, 1.82) is 0 Å². The maximum Gasteiger partial charge on any atom is 0.333 e. The SMILES string of the molecule is Cn1c(=O)n2c3ccccc3c(-c3ccccc3)c2c2ccccc21. The van der Waals surface area contributed by atoms with Gasteiger partial charge in [-0.2, -0.15) is 0 Å². The van der Waals surface area contributed by atoms with E-state index in [4.69, 9.17) is 0 Å². The predicted octanol–water partition coefficient (Wildman–Crippen LogP) is 4.61. The summed E-state index contributed by atoms with van der Waals surface area (Å²) in [5.41, 5.74) is 5.09. The summed E-state index contributed by atoms with van der Waals surface area (Å²) in [5.74, 6) is 0. The molecule has 25 heavy (non-hydrogen) atoms. The van der Waals surface area contributed by atoms with Crippen molar-refractivity contribution in [3.63, 3.8) is 0 Å². The van der Waals surface area contributed by atoms with Crippen LogP contribution in [0.2, 0.25) is 0 Å². The van der Waals surface area contributed by atoms with Crippen molar-refractivity contribution in [3.8, 4) is 11.1 Å². The standard InChI is InChI=1S/C22H16N2O/c1-23-18-13-7-6-12-17(18)21-20(15-9-3-2-4-10-15)16-11-5-8-14-19(16)24(21)22(23)25/h2-14H,1H3. The van der Waals surface area contributed by atoms with Crippen LogP contribution in [0, 0.1) is 0 Å². The summed E-state index contributed by atoms with van der Waals surface area (Å²) in [6.07, 6.45) is 0. The molecule has 3 nitrogen and oxygen atoms in total. The largest absolute Gasteiger partial charge is 0.333 e. The van der Waals surface area contributed by atoms with Crippen LogP contribution in [0.15, 0.2) is 83.7 Å². The maximum atomic E-state index is 13.1. The number of fused-ring (bicyclic) bond motifs is 5. The lowest BCUT2D eigenvalue weighted by Crippen LogP contribution is -2.24. The van der Waals surface area contributed by atoms with Crippen molar-refractivity contribution in [3.05, 3.63) is 89.3 Å². The smallest absolute Gasteiger partial charge is 0.296 e. The zero-order chi connectivity index (χ0) is 17.0. The van der Waals surface area contributed by atoms with Crippen LogP contribution in [0.3, 0.4) is 0 Å². The molecule has 0 atom stereocenters. The predicted molar refractivity (Wildman–Crippen MR) is 103 cm³/mol. The minimum atomic E-state index is -0.0212. The number of hydrogen-bond acceptors (Lipinski definition) is 1. The molecule has 120 valence electrons. The van der Waals surface area contributed by atoms with Gasteiger partial charge >= 0.3 is 5.69 Å². The van der Waals surface area contributed by atoms with Crippen LogP contribution < -0.4 is 5.69 Å². The van der Waals surface area contributed by atoms with Crippen LogP contribution in [0.5, 0.6) is 0 Å². The number of aryl methyl sites for hydroxylation is 1. The lowest BCUT2D eigenvalue weighted by molar-refractivity contribution is 0.838. The molecule has 3 aromatic carbocycles. The van der Waals surface area contributed by atoms with E-state index in [1.165, 1.54) is 0 Å². The maximum absolute atomic E-state index is 13.1. The van der Waals surface area contributed by atoms with Gasteiger partial charge in [-0.3, -0.25) is 8.97 Å². The van der Waals surface area contributed by atoms with Crippen LogP contribution in [0.1, 0.15) is 0 Å². The summed E-state index contributed by atoms with van der Waals surface area (Å²) in [4.78, 5) is 13.1. The molecule has 0 saturated carbocycles. The van der Waals surface area contributed by atoms with Crippen molar-refractivity contribution < 1.29 is 0 Å². The van der Waals surface area contributed by atoms with Gasteiger partial charge in [0, 0.05) is 23.4 Å². The summed E-state index contributed by atoms with van der Waals surface area (Å²) in [6.45, 7) is 0. The molecule has 0 amide bonds. The lowest BCUT2D eigenvalue weighted by atomic mass is 10.0. The summed E-state index contributed by atoms with van der Waals surface area (Å²) >= 11 is 0. The van der Waals surface area contributed by atoms with Crippen molar-refractivity contribution in [2.75, 3.05) is 0 Å². The molecule has 0 aliphatic rings. The first-order chi connectivity index (χ1) is 12.3. The molecule has 0 saturated heterocycles. The summed E-state index contributed by atoms with van der Waals surface area (Å²) in [5, 5.41) is 2.18. The summed E-state index contributed by atoms with van der Waals surface area (Å²) in [7, 11) is 1.83. The molecule has 5 rings (SSSR count). The zero-order valence-corrected chi connectivity index (χ0v) is 13.8. The highest BCUT2D eigenvalue weighted by atomic mass is 16.1. The van der Waals surface area contributed by atoms with E-state index in [-0.39, 0.29) is 5.69 Å². The van der Waals surface area contributed by atoms with E-state index in [0.29, 0.717) is 0 Å². The van der Waals surface area contributed by atoms with Gasteiger partial charge in [-0.05, 0) is 17.7 Å². The monoisotopic (exact) mass is 324 g/mol. The molecule has 3 heteroatoms. The van der Waals surface area contributed by atoms with Gasteiger partial charge in [-0.25, -0.2) is 4.79 Å². The minimum Gasteiger partial charge on any atom is -0.296 e. The Morgan fingerprint density at radius 3 is 2.04 bits per heavy atom. The number of aromatic nitrogens is 2. The average Bonchev–Trinajstić information content (AvgIpc) is 3.02. The Hall–Kier alpha value is -3.33. The van der Waals surface area contributed by atoms with E-state index in [1.54, 1.807) is 4.57 Å². The molecule has 0 fully saturated rings. The van der Waals surface area contributed by atoms with Gasteiger partial charge in [0.15, 0.2) is 0 Å². The minimum absolute atomic E-state index is 0.0212. The van der Waals surface area contributed by atoms with Crippen LogP contribution in [-0.4, -0.2) is 8.97 Å². The third-order valence-electron chi connectivity index (χ3n) is 4.94. The summed E-state index contributed by atoms with van der Waals surface area (Å²) in [6, 6.07) is 26.5. The first-order valence-corrected chi connectivity index (χ1v) is 8.33. The van der Waals surface area contributed by atoms with Gasteiger partial charge in [0.1, 0.15) is 0 Å².